The van der Waals surface area contributed by atoms with Gasteiger partial charge in [0.05, 0.1) is 17.8 Å². The van der Waals surface area contributed by atoms with Crippen LogP contribution in [0, 0.1) is 5.92 Å². The molecule has 0 spiro atoms. The summed E-state index contributed by atoms with van der Waals surface area (Å²) in [5.41, 5.74) is 4.33. The average Bonchev–Trinajstić information content (AvgIpc) is 3.45. The Labute approximate surface area is 218 Å². The first kappa shape index (κ1) is 24.4. The molecule has 1 aliphatic carbocycles. The molecule has 6 rings (SSSR count). The van der Waals surface area contributed by atoms with Crippen LogP contribution in [0.1, 0.15) is 61.4 Å². The van der Waals surface area contributed by atoms with E-state index in [1.165, 1.54) is 24.8 Å². The minimum Gasteiger partial charge on any atom is -0.480 e. The molecule has 196 valence electrons. The summed E-state index contributed by atoms with van der Waals surface area (Å²) < 4.78 is 8.23. The zero-order valence-corrected chi connectivity index (χ0v) is 21.4. The van der Waals surface area contributed by atoms with Crippen molar-refractivity contribution in [3.8, 4) is 0 Å². The van der Waals surface area contributed by atoms with Gasteiger partial charge in [-0.3, -0.25) is 14.4 Å². The maximum Gasteiger partial charge on any atom is 0.325 e. The van der Waals surface area contributed by atoms with Gasteiger partial charge < -0.3 is 15.2 Å². The first-order valence-corrected chi connectivity index (χ1v) is 13.9. The van der Waals surface area contributed by atoms with Gasteiger partial charge in [0.25, 0.3) is 0 Å². The second-order valence-corrected chi connectivity index (χ2v) is 10.9. The summed E-state index contributed by atoms with van der Waals surface area (Å²) in [6.07, 6.45) is 10.6. The van der Waals surface area contributed by atoms with Crippen LogP contribution in [0.2, 0.25) is 0 Å². The van der Waals surface area contributed by atoms with Crippen LogP contribution < -0.4 is 5.32 Å². The van der Waals surface area contributed by atoms with Gasteiger partial charge in [0.2, 0.25) is 0 Å². The molecule has 2 N–H and O–H groups in total. The number of hydrogen-bond donors (Lipinski definition) is 2. The molecule has 0 radical (unpaired) electrons. The second kappa shape index (κ2) is 10.8. The molecule has 8 nitrogen and oxygen atoms in total. The number of rotatable bonds is 11. The van der Waals surface area contributed by atoms with Gasteiger partial charge in [-0.1, -0.05) is 18.2 Å². The van der Waals surface area contributed by atoms with Crippen molar-refractivity contribution in [1.29, 1.82) is 0 Å². The predicted molar refractivity (Wildman–Crippen MR) is 143 cm³/mol. The molecule has 2 aliphatic heterocycles. The van der Waals surface area contributed by atoms with Gasteiger partial charge in [-0.25, -0.2) is 4.98 Å². The number of ether oxygens (including phenoxy) is 1. The summed E-state index contributed by atoms with van der Waals surface area (Å²) >= 11 is 0. The fourth-order valence-corrected chi connectivity index (χ4v) is 5.83. The van der Waals surface area contributed by atoms with E-state index >= 15 is 0 Å². The topological polar surface area (TPSA) is 92.5 Å². The Balaban J connectivity index is 1.02. The quantitative estimate of drug-likeness (QED) is 0.374. The van der Waals surface area contributed by atoms with E-state index in [1.54, 1.807) is 0 Å². The Morgan fingerprint density at radius 1 is 1.19 bits per heavy atom. The van der Waals surface area contributed by atoms with Gasteiger partial charge >= 0.3 is 5.97 Å². The number of anilines is 1. The van der Waals surface area contributed by atoms with Gasteiger partial charge in [0.15, 0.2) is 0 Å². The lowest BCUT2D eigenvalue weighted by molar-refractivity contribution is -0.143. The summed E-state index contributed by atoms with van der Waals surface area (Å²) in [5, 5.41) is 19.2. The van der Waals surface area contributed by atoms with E-state index in [0.29, 0.717) is 19.1 Å². The molecule has 8 heteroatoms. The SMILES string of the molecule is O=C(O)C(c1cccc2c1cnn2CC1CC1)N1CC[C@@H](OCCCCc2ccc3c(n2)NCCC3)C1. The molecular weight excluding hydrogens is 466 g/mol. The fourth-order valence-electron chi connectivity index (χ4n) is 5.83. The van der Waals surface area contributed by atoms with Crippen LogP contribution in [-0.2, 0) is 28.9 Å². The Morgan fingerprint density at radius 2 is 2.11 bits per heavy atom. The van der Waals surface area contributed by atoms with E-state index in [1.807, 2.05) is 23.0 Å². The smallest absolute Gasteiger partial charge is 0.325 e. The minimum atomic E-state index is -0.810. The standard InChI is InChI=1S/C29H37N5O3/c35-29(36)27(24-7-3-8-26-25(24)17-31-34(26)18-20-9-10-20)33-15-13-23(19-33)37-16-2-1-6-22-12-11-21-5-4-14-30-28(21)32-22/h3,7-8,11-12,17,20,23,27H,1-2,4-6,9-10,13-16,18-19H2,(H,30,32)(H,35,36)/t23-,27?/m1/s1. The van der Waals surface area contributed by atoms with Gasteiger partial charge in [0, 0.05) is 43.9 Å². The van der Waals surface area contributed by atoms with Crippen LogP contribution in [0.5, 0.6) is 0 Å². The van der Waals surface area contributed by atoms with Crippen LogP contribution in [0.3, 0.4) is 0 Å². The summed E-state index contributed by atoms with van der Waals surface area (Å²) in [6.45, 7) is 3.99. The van der Waals surface area contributed by atoms with Crippen LogP contribution in [0.4, 0.5) is 5.82 Å². The Morgan fingerprint density at radius 3 is 2.97 bits per heavy atom. The van der Waals surface area contributed by atoms with Gasteiger partial charge in [-0.2, -0.15) is 5.10 Å². The van der Waals surface area contributed by atoms with Crippen molar-refractivity contribution < 1.29 is 14.6 Å². The monoisotopic (exact) mass is 503 g/mol. The van der Waals surface area contributed by atoms with E-state index in [2.05, 4.69) is 33.5 Å². The number of pyridine rings is 1. The molecule has 3 aromatic rings. The third-order valence-electron chi connectivity index (χ3n) is 8.05. The number of aromatic nitrogens is 3. The van der Waals surface area contributed by atoms with Crippen LogP contribution >= 0.6 is 0 Å². The number of benzene rings is 1. The van der Waals surface area contributed by atoms with Crippen LogP contribution in [0.25, 0.3) is 10.9 Å². The number of unbranched alkanes of at least 4 members (excludes halogenated alkanes) is 1. The molecule has 2 atom stereocenters. The highest BCUT2D eigenvalue weighted by Gasteiger charge is 2.35. The van der Waals surface area contributed by atoms with Crippen LogP contribution in [0.15, 0.2) is 36.5 Å². The molecule has 1 saturated heterocycles. The number of likely N-dealkylation sites (tertiary alicyclic amines) is 1. The number of nitrogens with zero attached hydrogens (tertiary/aromatic N) is 4. The second-order valence-electron chi connectivity index (χ2n) is 10.9. The Hall–Kier alpha value is -2.97. The normalized spacial score (nSPS) is 20.6. The summed E-state index contributed by atoms with van der Waals surface area (Å²) in [4.78, 5) is 19.3. The van der Waals surface area contributed by atoms with E-state index < -0.39 is 12.0 Å². The zero-order valence-electron chi connectivity index (χ0n) is 21.4. The molecule has 2 aromatic heterocycles. The lowest BCUT2D eigenvalue weighted by Crippen LogP contribution is -2.33. The predicted octanol–water partition coefficient (Wildman–Crippen LogP) is 4.44. The number of aryl methyl sites for hydroxylation is 2. The number of nitrogens with one attached hydrogen (secondary N) is 1. The lowest BCUT2D eigenvalue weighted by atomic mass is 10.0. The molecular formula is C29H37N5O3. The first-order valence-electron chi connectivity index (χ1n) is 13.9. The molecule has 3 aliphatic rings. The Bertz CT molecular complexity index is 1250. The number of hydrogen-bond acceptors (Lipinski definition) is 6. The number of carboxylic acid groups (broad SMARTS) is 1. The molecule has 2 fully saturated rings. The average molecular weight is 504 g/mol. The molecule has 1 saturated carbocycles. The van der Waals surface area contributed by atoms with E-state index in [9.17, 15) is 9.90 Å². The molecule has 4 heterocycles. The summed E-state index contributed by atoms with van der Waals surface area (Å²) in [5.74, 6) is 0.963. The minimum absolute atomic E-state index is 0.0738. The lowest BCUT2D eigenvalue weighted by Gasteiger charge is -2.25. The highest BCUT2D eigenvalue weighted by atomic mass is 16.5. The van der Waals surface area contributed by atoms with Crippen molar-refractivity contribution in [2.75, 3.05) is 31.6 Å². The van der Waals surface area contributed by atoms with E-state index in [0.717, 1.165) is 79.7 Å². The summed E-state index contributed by atoms with van der Waals surface area (Å²) in [7, 11) is 0. The first-order chi connectivity index (χ1) is 18.2. The fraction of sp³-hybridized carbons (Fsp3) is 0.552. The third-order valence-corrected chi connectivity index (χ3v) is 8.05. The van der Waals surface area contributed by atoms with E-state index in [4.69, 9.17) is 9.72 Å². The number of aliphatic carboxylic acids is 1. The summed E-state index contributed by atoms with van der Waals surface area (Å²) in [6, 6.07) is 9.66. The third kappa shape index (κ3) is 5.50. The number of carboxylic acids is 1. The molecule has 0 amide bonds. The molecule has 1 aromatic carbocycles. The maximum atomic E-state index is 12.4. The van der Waals surface area contributed by atoms with Crippen molar-refractivity contribution in [3.05, 3.63) is 53.3 Å². The zero-order chi connectivity index (χ0) is 25.2. The highest BCUT2D eigenvalue weighted by Crippen LogP contribution is 2.34. The number of carbonyl (C=O) groups is 1. The van der Waals surface area contributed by atoms with Crippen molar-refractivity contribution in [2.24, 2.45) is 5.92 Å². The van der Waals surface area contributed by atoms with Crippen molar-refractivity contribution >= 4 is 22.7 Å². The van der Waals surface area contributed by atoms with E-state index in [-0.39, 0.29) is 6.10 Å². The largest absolute Gasteiger partial charge is 0.480 e. The van der Waals surface area contributed by atoms with Crippen molar-refractivity contribution in [1.82, 2.24) is 19.7 Å². The van der Waals surface area contributed by atoms with Crippen LogP contribution in [-0.4, -0.2) is 63.1 Å². The molecule has 0 bridgehead atoms. The van der Waals surface area contributed by atoms with Crippen molar-refractivity contribution in [2.45, 2.75) is 70.1 Å². The Kier molecular flexibility index (Phi) is 7.11. The molecule has 1 unspecified atom stereocenters. The van der Waals surface area contributed by atoms with Gasteiger partial charge in [-0.05, 0) is 80.5 Å². The highest BCUT2D eigenvalue weighted by molar-refractivity contribution is 5.88. The van der Waals surface area contributed by atoms with Gasteiger partial charge in [0.1, 0.15) is 11.9 Å². The maximum absolute atomic E-state index is 12.4. The van der Waals surface area contributed by atoms with Gasteiger partial charge in [-0.15, -0.1) is 0 Å². The van der Waals surface area contributed by atoms with Crippen molar-refractivity contribution in [3.63, 3.8) is 0 Å². The number of fused-ring (bicyclic) bond motifs is 2. The molecule has 37 heavy (non-hydrogen) atoms.